The first-order chi connectivity index (χ1) is 22.0. The van der Waals surface area contributed by atoms with Gasteiger partial charge in [-0.1, -0.05) is 54.6 Å². The van der Waals surface area contributed by atoms with Crippen LogP contribution in [0.15, 0.2) is 91.1 Å². The quantitative estimate of drug-likeness (QED) is 0.229. The molecule has 0 radical (unpaired) electrons. The van der Waals surface area contributed by atoms with E-state index in [1.165, 1.54) is 0 Å². The minimum absolute atomic E-state index is 0.102. The molecule has 1 amide bonds. The van der Waals surface area contributed by atoms with Gasteiger partial charge in [0.25, 0.3) is 0 Å². The van der Waals surface area contributed by atoms with Gasteiger partial charge in [-0.15, -0.1) is 0 Å². The summed E-state index contributed by atoms with van der Waals surface area (Å²) < 4.78 is 17.3. The molecule has 3 aliphatic rings. The van der Waals surface area contributed by atoms with Crippen molar-refractivity contribution in [1.82, 2.24) is 10.3 Å². The van der Waals surface area contributed by atoms with Gasteiger partial charge >= 0.3 is 0 Å². The van der Waals surface area contributed by atoms with E-state index < -0.39 is 16.9 Å². The lowest BCUT2D eigenvalue weighted by atomic mass is 9.58. The molecule has 1 aliphatic carbocycles. The lowest BCUT2D eigenvalue weighted by molar-refractivity contribution is -0.124. The Bertz CT molecular complexity index is 2020. The molecule has 4 aromatic carbocycles. The number of ether oxygens (including phenoxy) is 3. The third-order valence-electron chi connectivity index (χ3n) is 10.2. The Morgan fingerprint density at radius 2 is 1.53 bits per heavy atom. The number of methoxy groups -OCH3 is 3. The van der Waals surface area contributed by atoms with Crippen LogP contribution in [0.1, 0.15) is 38.5 Å². The summed E-state index contributed by atoms with van der Waals surface area (Å²) >= 11 is 0. The van der Waals surface area contributed by atoms with Crippen LogP contribution >= 0.6 is 0 Å². The zero-order valence-electron chi connectivity index (χ0n) is 25.3. The molecule has 0 bridgehead atoms. The van der Waals surface area contributed by atoms with Gasteiger partial charge < -0.3 is 24.5 Å². The highest BCUT2D eigenvalue weighted by molar-refractivity contribution is 6.16. The predicted octanol–water partition coefficient (Wildman–Crippen LogP) is 5.76. The maximum Gasteiger partial charge on any atom is 0.250 e. The molecule has 4 atom stereocenters. The monoisotopic (exact) mass is 599 g/mol. The molecule has 8 rings (SSSR count). The van der Waals surface area contributed by atoms with Crippen molar-refractivity contribution in [3.8, 4) is 17.2 Å². The standard InChI is InChI=1S/C37H33N3O5/c1-43-30-15-9-5-11-24(30)33-29(16-22-20-38-27-13-7-4-10-23(22)27)40-37(26-12-6-8-14-28(26)39-35(37)42)36(33)19-21-17-31(44-2)32(45-3)18-25(21)34(36)41/h4-15,17-18,20,29,33,38,40H,16,19H2,1-3H3,(H,39,42)/t29-,33+,36-,37?/m0/s1. The van der Waals surface area contributed by atoms with Crippen LogP contribution in [0, 0.1) is 5.41 Å². The fraction of sp³-hybridized carbons (Fsp3) is 0.243. The van der Waals surface area contributed by atoms with Gasteiger partial charge in [-0.3, -0.25) is 14.9 Å². The molecule has 2 aliphatic heterocycles. The first-order valence-corrected chi connectivity index (χ1v) is 15.1. The van der Waals surface area contributed by atoms with Gasteiger partial charge in [0.15, 0.2) is 17.3 Å². The van der Waals surface area contributed by atoms with Crippen molar-refractivity contribution in [1.29, 1.82) is 0 Å². The molecule has 3 heterocycles. The van der Waals surface area contributed by atoms with Crippen LogP contribution in [-0.4, -0.2) is 44.0 Å². The van der Waals surface area contributed by atoms with Crippen molar-refractivity contribution in [3.05, 3.63) is 119 Å². The van der Waals surface area contributed by atoms with E-state index in [1.54, 1.807) is 27.4 Å². The number of carbonyl (C=O) groups is 2. The average molecular weight is 600 g/mol. The fourth-order valence-electron chi connectivity index (χ4n) is 8.48. The Kier molecular flexibility index (Phi) is 6.09. The summed E-state index contributed by atoms with van der Waals surface area (Å²) in [6.07, 6.45) is 2.93. The number of hydrogen-bond acceptors (Lipinski definition) is 6. The van der Waals surface area contributed by atoms with E-state index in [1.807, 2.05) is 72.9 Å². The number of amides is 1. The molecule has 8 heteroatoms. The van der Waals surface area contributed by atoms with Crippen LogP contribution in [0.3, 0.4) is 0 Å². The predicted molar refractivity (Wildman–Crippen MR) is 171 cm³/mol. The molecule has 2 spiro atoms. The molecule has 226 valence electrons. The smallest absolute Gasteiger partial charge is 0.250 e. The molecule has 3 N–H and O–H groups in total. The Hall–Kier alpha value is -5.08. The second-order valence-corrected chi connectivity index (χ2v) is 12.1. The molecule has 45 heavy (non-hydrogen) atoms. The van der Waals surface area contributed by atoms with Crippen LogP contribution < -0.4 is 24.8 Å². The van der Waals surface area contributed by atoms with Crippen molar-refractivity contribution in [2.75, 3.05) is 26.6 Å². The number of rotatable bonds is 6. The highest BCUT2D eigenvalue weighted by Gasteiger charge is 2.75. The van der Waals surface area contributed by atoms with Gasteiger partial charge in [-0.05, 0) is 59.9 Å². The molecular weight excluding hydrogens is 566 g/mol. The number of fused-ring (bicyclic) bond motifs is 5. The van der Waals surface area contributed by atoms with Crippen LogP contribution in [0.25, 0.3) is 10.9 Å². The molecule has 8 nitrogen and oxygen atoms in total. The number of carbonyl (C=O) groups excluding carboxylic acids is 2. The number of aromatic amines is 1. The van der Waals surface area contributed by atoms with Crippen molar-refractivity contribution in [2.45, 2.75) is 30.3 Å². The van der Waals surface area contributed by atoms with Crippen molar-refractivity contribution in [3.63, 3.8) is 0 Å². The van der Waals surface area contributed by atoms with Crippen LogP contribution in [0.5, 0.6) is 17.2 Å². The van der Waals surface area contributed by atoms with Gasteiger partial charge in [0.1, 0.15) is 11.3 Å². The zero-order valence-corrected chi connectivity index (χ0v) is 25.3. The first-order valence-electron chi connectivity index (χ1n) is 15.1. The highest BCUT2D eigenvalue weighted by Crippen LogP contribution is 2.66. The number of H-pyrrole nitrogens is 1. The van der Waals surface area contributed by atoms with Gasteiger partial charge in [-0.25, -0.2) is 0 Å². The minimum Gasteiger partial charge on any atom is -0.496 e. The van der Waals surface area contributed by atoms with Gasteiger partial charge in [0.05, 0.1) is 26.7 Å². The third kappa shape index (κ3) is 3.57. The number of para-hydroxylation sites is 3. The van der Waals surface area contributed by atoms with E-state index in [0.717, 1.165) is 33.2 Å². The second kappa shape index (κ2) is 9.97. The number of aromatic nitrogens is 1. The number of hydrogen-bond donors (Lipinski definition) is 3. The van der Waals surface area contributed by atoms with Gasteiger partial charge in [-0.2, -0.15) is 0 Å². The second-order valence-electron chi connectivity index (χ2n) is 12.1. The van der Waals surface area contributed by atoms with E-state index in [-0.39, 0.29) is 17.7 Å². The molecule has 1 saturated heterocycles. The molecule has 1 aromatic heterocycles. The summed E-state index contributed by atoms with van der Waals surface area (Å²) in [6.45, 7) is 0. The number of benzene rings is 4. The van der Waals surface area contributed by atoms with E-state index >= 15 is 4.79 Å². The normalized spacial score (nSPS) is 24.7. The highest BCUT2D eigenvalue weighted by atomic mass is 16.5. The van der Waals surface area contributed by atoms with Crippen LogP contribution in [-0.2, 0) is 23.2 Å². The molecule has 1 fully saturated rings. The summed E-state index contributed by atoms with van der Waals surface area (Å²) in [5.41, 5.74) is 3.27. The van der Waals surface area contributed by atoms with E-state index in [4.69, 9.17) is 14.2 Å². The number of anilines is 1. The lowest BCUT2D eigenvalue weighted by Crippen LogP contribution is -2.58. The molecule has 5 aromatic rings. The van der Waals surface area contributed by atoms with Gasteiger partial charge in [0, 0.05) is 45.9 Å². The molecule has 1 unspecified atom stereocenters. The number of Topliss-reactive ketones (excluding diaryl/α,β-unsaturated/α-hetero) is 1. The van der Waals surface area contributed by atoms with Crippen molar-refractivity contribution >= 4 is 28.3 Å². The zero-order chi connectivity index (χ0) is 30.9. The maximum absolute atomic E-state index is 15.4. The largest absolute Gasteiger partial charge is 0.496 e. The topological polar surface area (TPSA) is 102 Å². The summed E-state index contributed by atoms with van der Waals surface area (Å²) in [7, 11) is 4.80. The van der Waals surface area contributed by atoms with Crippen molar-refractivity contribution in [2.24, 2.45) is 5.41 Å². The summed E-state index contributed by atoms with van der Waals surface area (Å²) in [5, 5.41) is 8.12. The number of ketones is 1. The third-order valence-corrected chi connectivity index (χ3v) is 10.2. The lowest BCUT2D eigenvalue weighted by Gasteiger charge is -2.41. The van der Waals surface area contributed by atoms with E-state index in [2.05, 4.69) is 27.8 Å². The SMILES string of the molecule is COc1cc2c(cc1OC)C(=O)[C@]1(C2)[C@H](c2ccccc2OC)[C@H](Cc2c[nH]c3ccccc23)NC12C(=O)Nc1ccccc12. The Balaban J connectivity index is 1.42. The molecule has 0 saturated carbocycles. The van der Waals surface area contributed by atoms with Crippen molar-refractivity contribution < 1.29 is 23.8 Å². The Morgan fingerprint density at radius 1 is 0.822 bits per heavy atom. The van der Waals surface area contributed by atoms with Gasteiger partial charge in [0.2, 0.25) is 5.91 Å². The van der Waals surface area contributed by atoms with E-state index in [0.29, 0.717) is 41.3 Å². The Morgan fingerprint density at radius 3 is 2.36 bits per heavy atom. The number of nitrogens with one attached hydrogen (secondary N) is 3. The Labute approximate surface area is 260 Å². The van der Waals surface area contributed by atoms with Crippen LogP contribution in [0.4, 0.5) is 5.69 Å². The fourth-order valence-corrected chi connectivity index (χ4v) is 8.48. The maximum atomic E-state index is 15.4. The first kappa shape index (κ1) is 27.5. The summed E-state index contributed by atoms with van der Waals surface area (Å²) in [4.78, 5) is 33.4. The minimum atomic E-state index is -1.36. The van der Waals surface area contributed by atoms with Crippen LogP contribution in [0.2, 0.25) is 0 Å². The summed E-state index contributed by atoms with van der Waals surface area (Å²) in [6, 6.07) is 27.1. The average Bonchev–Trinajstić information content (AvgIpc) is 3.78. The molecular formula is C37H33N3O5. The van der Waals surface area contributed by atoms with E-state index in [9.17, 15) is 4.79 Å². The summed E-state index contributed by atoms with van der Waals surface area (Å²) in [5.74, 6) is 0.912.